The van der Waals surface area contributed by atoms with Gasteiger partial charge in [-0.25, -0.2) is 4.79 Å². The zero-order chi connectivity index (χ0) is 17.7. The first kappa shape index (κ1) is 18.3. The molecular formula is C18H26N2O4. The Labute approximate surface area is 142 Å². The maximum atomic E-state index is 11.9. The average molecular weight is 334 g/mol. The van der Waals surface area contributed by atoms with E-state index in [1.54, 1.807) is 20.8 Å². The fourth-order valence-electron chi connectivity index (χ4n) is 2.89. The largest absolute Gasteiger partial charge is 0.481 e. The highest BCUT2D eigenvalue weighted by molar-refractivity contribution is 5.74. The third-order valence-electron chi connectivity index (χ3n) is 3.97. The van der Waals surface area contributed by atoms with Crippen LogP contribution < -0.4 is 5.32 Å². The molecule has 1 amide bonds. The number of carbonyl (C=O) groups is 2. The Hall–Kier alpha value is -2.08. The third-order valence-corrected chi connectivity index (χ3v) is 3.97. The number of benzene rings is 1. The first-order valence-electron chi connectivity index (χ1n) is 8.23. The quantitative estimate of drug-likeness (QED) is 0.884. The normalized spacial score (nSPS) is 22.0. The van der Waals surface area contributed by atoms with Crippen LogP contribution in [-0.2, 0) is 16.1 Å². The van der Waals surface area contributed by atoms with Crippen molar-refractivity contribution in [3.05, 3.63) is 35.9 Å². The van der Waals surface area contributed by atoms with E-state index >= 15 is 0 Å². The Kier molecular flexibility index (Phi) is 5.83. The number of aliphatic carboxylic acids is 1. The molecule has 2 atom stereocenters. The summed E-state index contributed by atoms with van der Waals surface area (Å²) < 4.78 is 5.23. The summed E-state index contributed by atoms with van der Waals surface area (Å²) in [6.07, 6.45) is 0.0264. The number of amides is 1. The number of rotatable bonds is 4. The summed E-state index contributed by atoms with van der Waals surface area (Å²) in [7, 11) is 0. The molecule has 0 aromatic heterocycles. The van der Waals surface area contributed by atoms with Crippen LogP contribution in [0.3, 0.4) is 0 Å². The number of carboxylic acid groups (broad SMARTS) is 1. The Balaban J connectivity index is 1.95. The maximum Gasteiger partial charge on any atom is 0.407 e. The lowest BCUT2D eigenvalue weighted by Crippen LogP contribution is -2.54. The standard InChI is InChI=1S/C18H26N2O4/c1-18(2,3)24-17(23)19-15-9-10-20(12-14(15)16(21)22)11-13-7-5-4-6-8-13/h4-8,14-15H,9-12H2,1-3H3,(H,19,23)(H,21,22)/t14-,15+/m1/s1. The van der Waals surface area contributed by atoms with Crippen molar-refractivity contribution in [1.29, 1.82) is 0 Å². The number of nitrogens with one attached hydrogen (secondary N) is 1. The molecule has 0 aliphatic carbocycles. The van der Waals surface area contributed by atoms with Crippen molar-refractivity contribution in [2.24, 2.45) is 5.92 Å². The number of likely N-dealkylation sites (tertiary alicyclic amines) is 1. The Morgan fingerprint density at radius 2 is 1.96 bits per heavy atom. The molecule has 1 aliphatic rings. The molecule has 1 aliphatic heterocycles. The Bertz CT molecular complexity index is 568. The predicted molar refractivity (Wildman–Crippen MR) is 90.6 cm³/mol. The minimum atomic E-state index is -0.895. The molecule has 1 fully saturated rings. The molecule has 1 saturated heterocycles. The van der Waals surface area contributed by atoms with Crippen LogP contribution in [-0.4, -0.2) is 46.8 Å². The van der Waals surface area contributed by atoms with Crippen molar-refractivity contribution in [3.63, 3.8) is 0 Å². The van der Waals surface area contributed by atoms with E-state index in [1.165, 1.54) is 0 Å². The second kappa shape index (κ2) is 7.66. The molecule has 1 aromatic rings. The minimum absolute atomic E-state index is 0.407. The highest BCUT2D eigenvalue weighted by Crippen LogP contribution is 2.20. The van der Waals surface area contributed by atoms with Crippen LogP contribution in [0.25, 0.3) is 0 Å². The van der Waals surface area contributed by atoms with Gasteiger partial charge in [0.2, 0.25) is 0 Å². The fraction of sp³-hybridized carbons (Fsp3) is 0.556. The van der Waals surface area contributed by atoms with Crippen LogP contribution in [0.1, 0.15) is 32.8 Å². The van der Waals surface area contributed by atoms with E-state index in [4.69, 9.17) is 4.74 Å². The fourth-order valence-corrected chi connectivity index (χ4v) is 2.89. The number of alkyl carbamates (subject to hydrolysis) is 1. The number of nitrogens with zero attached hydrogens (tertiary/aromatic N) is 1. The van der Waals surface area contributed by atoms with Gasteiger partial charge in [-0.1, -0.05) is 30.3 Å². The zero-order valence-electron chi connectivity index (χ0n) is 14.5. The van der Waals surface area contributed by atoms with Crippen molar-refractivity contribution >= 4 is 12.1 Å². The number of piperidine rings is 1. The van der Waals surface area contributed by atoms with Gasteiger partial charge in [0.05, 0.1) is 5.92 Å². The lowest BCUT2D eigenvalue weighted by Gasteiger charge is -2.37. The molecular weight excluding hydrogens is 308 g/mol. The molecule has 6 nitrogen and oxygen atoms in total. The highest BCUT2D eigenvalue weighted by Gasteiger charge is 2.36. The van der Waals surface area contributed by atoms with Crippen molar-refractivity contribution in [2.75, 3.05) is 13.1 Å². The molecule has 0 radical (unpaired) electrons. The summed E-state index contributed by atoms with van der Waals surface area (Å²) >= 11 is 0. The van der Waals surface area contributed by atoms with Crippen molar-refractivity contribution < 1.29 is 19.4 Å². The predicted octanol–water partition coefficient (Wildman–Crippen LogP) is 2.49. The van der Waals surface area contributed by atoms with Gasteiger partial charge in [-0.3, -0.25) is 9.69 Å². The van der Waals surface area contributed by atoms with Gasteiger partial charge in [-0.2, -0.15) is 0 Å². The van der Waals surface area contributed by atoms with Crippen molar-refractivity contribution in [3.8, 4) is 0 Å². The number of carbonyl (C=O) groups excluding carboxylic acids is 1. The van der Waals surface area contributed by atoms with Crippen molar-refractivity contribution in [1.82, 2.24) is 10.2 Å². The number of hydrogen-bond donors (Lipinski definition) is 2. The van der Waals surface area contributed by atoms with Crippen LogP contribution in [0.2, 0.25) is 0 Å². The molecule has 2 N–H and O–H groups in total. The van der Waals surface area contributed by atoms with Crippen LogP contribution in [0, 0.1) is 5.92 Å². The first-order chi connectivity index (χ1) is 11.2. The van der Waals surface area contributed by atoms with E-state index < -0.39 is 29.6 Å². The molecule has 0 spiro atoms. The summed E-state index contributed by atoms with van der Waals surface area (Å²) in [5.41, 5.74) is 0.553. The minimum Gasteiger partial charge on any atom is -0.481 e. The maximum absolute atomic E-state index is 11.9. The van der Waals surface area contributed by atoms with Gasteiger partial charge in [0, 0.05) is 25.7 Å². The van der Waals surface area contributed by atoms with Crippen LogP contribution in [0.15, 0.2) is 30.3 Å². The lowest BCUT2D eigenvalue weighted by molar-refractivity contribution is -0.144. The Morgan fingerprint density at radius 3 is 2.54 bits per heavy atom. The topological polar surface area (TPSA) is 78.9 Å². The lowest BCUT2D eigenvalue weighted by atomic mass is 9.92. The second-order valence-electron chi connectivity index (χ2n) is 7.21. The third kappa shape index (κ3) is 5.53. The zero-order valence-corrected chi connectivity index (χ0v) is 14.5. The Morgan fingerprint density at radius 1 is 1.29 bits per heavy atom. The monoisotopic (exact) mass is 334 g/mol. The van der Waals surface area contributed by atoms with E-state index in [2.05, 4.69) is 10.2 Å². The smallest absolute Gasteiger partial charge is 0.407 e. The molecule has 2 rings (SSSR count). The van der Waals surface area contributed by atoms with E-state index in [-0.39, 0.29) is 0 Å². The van der Waals surface area contributed by atoms with Crippen LogP contribution >= 0.6 is 0 Å². The van der Waals surface area contributed by atoms with E-state index in [9.17, 15) is 14.7 Å². The summed E-state index contributed by atoms with van der Waals surface area (Å²) in [6, 6.07) is 9.55. The second-order valence-corrected chi connectivity index (χ2v) is 7.21. The first-order valence-corrected chi connectivity index (χ1v) is 8.23. The molecule has 0 unspecified atom stereocenters. The number of ether oxygens (including phenoxy) is 1. The van der Waals surface area contributed by atoms with Gasteiger partial charge >= 0.3 is 12.1 Å². The average Bonchev–Trinajstić information content (AvgIpc) is 2.47. The van der Waals surface area contributed by atoms with E-state index in [0.717, 1.165) is 12.1 Å². The van der Waals surface area contributed by atoms with Gasteiger partial charge in [-0.15, -0.1) is 0 Å². The molecule has 1 aromatic carbocycles. The van der Waals surface area contributed by atoms with E-state index in [1.807, 2.05) is 30.3 Å². The molecule has 0 bridgehead atoms. The molecule has 24 heavy (non-hydrogen) atoms. The van der Waals surface area contributed by atoms with Crippen LogP contribution in [0.5, 0.6) is 0 Å². The van der Waals surface area contributed by atoms with Gasteiger partial charge in [-0.05, 0) is 32.8 Å². The summed E-state index contributed by atoms with van der Waals surface area (Å²) in [5.74, 6) is -1.54. The summed E-state index contributed by atoms with van der Waals surface area (Å²) in [5, 5.41) is 12.2. The highest BCUT2D eigenvalue weighted by atomic mass is 16.6. The molecule has 6 heteroatoms. The van der Waals surface area contributed by atoms with Gasteiger partial charge in [0.25, 0.3) is 0 Å². The SMILES string of the molecule is CC(C)(C)OC(=O)N[C@H]1CCN(Cc2ccccc2)C[C@H]1C(=O)O. The molecule has 132 valence electrons. The number of hydrogen-bond acceptors (Lipinski definition) is 4. The van der Waals surface area contributed by atoms with E-state index in [0.29, 0.717) is 19.5 Å². The molecule has 0 saturated carbocycles. The molecule has 1 heterocycles. The van der Waals surface area contributed by atoms with Crippen molar-refractivity contribution in [2.45, 2.75) is 45.4 Å². The van der Waals surface area contributed by atoms with Crippen LogP contribution in [0.4, 0.5) is 4.79 Å². The van der Waals surface area contributed by atoms with Gasteiger partial charge in [0.15, 0.2) is 0 Å². The number of carboxylic acids is 1. The summed E-state index contributed by atoms with van der Waals surface area (Å²) in [4.78, 5) is 25.7. The van der Waals surface area contributed by atoms with Gasteiger partial charge < -0.3 is 15.2 Å². The summed E-state index contributed by atoms with van der Waals surface area (Å²) in [6.45, 7) is 7.20. The van der Waals surface area contributed by atoms with Gasteiger partial charge in [0.1, 0.15) is 5.60 Å².